The van der Waals surface area contributed by atoms with Crippen LogP contribution in [0.4, 0.5) is 0 Å². The van der Waals surface area contributed by atoms with Crippen molar-refractivity contribution in [3.63, 3.8) is 0 Å². The Bertz CT molecular complexity index is 1080. The number of hydrogen-bond acceptors (Lipinski definition) is 6. The predicted molar refractivity (Wildman–Crippen MR) is 110 cm³/mol. The first kappa shape index (κ1) is 22.2. The lowest BCUT2D eigenvalue weighted by Gasteiger charge is -2.26. The van der Waals surface area contributed by atoms with E-state index in [0.717, 1.165) is 11.4 Å². The maximum absolute atomic E-state index is 12.9. The number of sulfonamides is 1. The number of Topliss-reactive ketones (excluding diaryl/α,β-unsaturated/α-hetero) is 1. The Morgan fingerprint density at radius 2 is 1.73 bits per heavy atom. The molecule has 9 heteroatoms. The molecule has 1 aliphatic rings. The molecule has 0 spiro atoms. The summed E-state index contributed by atoms with van der Waals surface area (Å²) < 4.78 is 39.4. The number of aryl methyl sites for hydroxylation is 2. The van der Waals surface area contributed by atoms with Gasteiger partial charge in [-0.2, -0.15) is 4.31 Å². The smallest absolute Gasteiger partial charge is 0.338 e. The Balaban J connectivity index is 1.76. The molecule has 162 valence electrons. The molecule has 30 heavy (non-hydrogen) atoms. The van der Waals surface area contributed by atoms with Gasteiger partial charge in [0, 0.05) is 37.1 Å². The number of esters is 1. The molecule has 1 aromatic carbocycles. The van der Waals surface area contributed by atoms with Gasteiger partial charge in [0.05, 0.1) is 23.7 Å². The first-order chi connectivity index (χ1) is 14.1. The van der Waals surface area contributed by atoms with Gasteiger partial charge in [-0.15, -0.1) is 0 Å². The highest BCUT2D eigenvalue weighted by Gasteiger charge is 2.28. The fourth-order valence-corrected chi connectivity index (χ4v) is 4.78. The van der Waals surface area contributed by atoms with Gasteiger partial charge in [-0.05, 0) is 44.5 Å². The van der Waals surface area contributed by atoms with E-state index >= 15 is 0 Å². The molecular weight excluding hydrogens is 408 g/mol. The monoisotopic (exact) mass is 434 g/mol. The van der Waals surface area contributed by atoms with Crippen LogP contribution in [0.5, 0.6) is 0 Å². The first-order valence-corrected chi connectivity index (χ1v) is 11.1. The SMILES string of the molecule is Cc1ccc(S(=O)(=O)N2CCOCC2)cc1C(=O)OCC(=O)c1cc(C)n(C)c1C. The third-order valence-electron chi connectivity index (χ3n) is 5.45. The summed E-state index contributed by atoms with van der Waals surface area (Å²) in [5.41, 5.74) is 2.92. The number of hydrogen-bond donors (Lipinski definition) is 0. The van der Waals surface area contributed by atoms with E-state index in [4.69, 9.17) is 9.47 Å². The van der Waals surface area contributed by atoms with Gasteiger partial charge in [0.25, 0.3) is 0 Å². The average molecular weight is 435 g/mol. The summed E-state index contributed by atoms with van der Waals surface area (Å²) in [5.74, 6) is -1.04. The molecule has 0 unspecified atom stereocenters. The highest BCUT2D eigenvalue weighted by molar-refractivity contribution is 7.89. The molecule has 1 fully saturated rings. The van der Waals surface area contributed by atoms with E-state index in [2.05, 4.69) is 0 Å². The molecule has 0 saturated carbocycles. The lowest BCUT2D eigenvalue weighted by Crippen LogP contribution is -2.40. The van der Waals surface area contributed by atoms with E-state index in [1.54, 1.807) is 19.1 Å². The number of ketones is 1. The normalized spacial score (nSPS) is 15.2. The number of aromatic nitrogens is 1. The Kier molecular flexibility index (Phi) is 6.44. The number of carbonyl (C=O) groups is 2. The average Bonchev–Trinajstić information content (AvgIpc) is 3.00. The maximum Gasteiger partial charge on any atom is 0.338 e. The van der Waals surface area contributed by atoms with Crippen LogP contribution in [-0.2, 0) is 26.5 Å². The minimum Gasteiger partial charge on any atom is -0.454 e. The molecule has 2 aromatic rings. The second-order valence-corrected chi connectivity index (χ2v) is 9.27. The molecule has 0 bridgehead atoms. The molecule has 8 nitrogen and oxygen atoms in total. The van der Waals surface area contributed by atoms with Crippen LogP contribution in [-0.4, -0.2) is 62.0 Å². The zero-order valence-electron chi connectivity index (χ0n) is 17.6. The van der Waals surface area contributed by atoms with E-state index in [0.29, 0.717) is 24.3 Å². The van der Waals surface area contributed by atoms with Crippen molar-refractivity contribution in [2.24, 2.45) is 7.05 Å². The maximum atomic E-state index is 12.9. The van der Waals surface area contributed by atoms with Gasteiger partial charge in [0.15, 0.2) is 6.61 Å². The number of nitrogens with zero attached hydrogens (tertiary/aromatic N) is 2. The van der Waals surface area contributed by atoms with Crippen molar-refractivity contribution in [3.05, 3.63) is 52.3 Å². The molecular formula is C21H26N2O6S. The summed E-state index contributed by atoms with van der Waals surface area (Å²) in [5, 5.41) is 0. The summed E-state index contributed by atoms with van der Waals surface area (Å²) in [7, 11) is -1.88. The molecule has 0 atom stereocenters. The summed E-state index contributed by atoms with van der Waals surface area (Å²) in [6.45, 7) is 6.19. The highest BCUT2D eigenvalue weighted by atomic mass is 32.2. The van der Waals surface area contributed by atoms with Crippen molar-refractivity contribution < 1.29 is 27.5 Å². The quantitative estimate of drug-likeness (QED) is 0.510. The Morgan fingerprint density at radius 3 is 2.33 bits per heavy atom. The first-order valence-electron chi connectivity index (χ1n) is 9.64. The van der Waals surface area contributed by atoms with Crippen molar-refractivity contribution in [3.8, 4) is 0 Å². The van der Waals surface area contributed by atoms with Gasteiger partial charge >= 0.3 is 5.97 Å². The molecule has 1 aliphatic heterocycles. The van der Waals surface area contributed by atoms with Crippen LogP contribution in [0.3, 0.4) is 0 Å². The van der Waals surface area contributed by atoms with Crippen molar-refractivity contribution in [1.29, 1.82) is 0 Å². The number of morpholine rings is 1. The molecule has 0 amide bonds. The molecule has 2 heterocycles. The summed E-state index contributed by atoms with van der Waals surface area (Å²) in [6, 6.07) is 6.10. The topological polar surface area (TPSA) is 94.9 Å². The van der Waals surface area contributed by atoms with Crippen LogP contribution in [0.1, 0.15) is 37.7 Å². The largest absolute Gasteiger partial charge is 0.454 e. The van der Waals surface area contributed by atoms with Crippen molar-refractivity contribution in [1.82, 2.24) is 8.87 Å². The molecule has 3 rings (SSSR count). The second-order valence-electron chi connectivity index (χ2n) is 7.34. The summed E-state index contributed by atoms with van der Waals surface area (Å²) >= 11 is 0. The van der Waals surface area contributed by atoms with Crippen LogP contribution in [0.25, 0.3) is 0 Å². The summed E-state index contributed by atoms with van der Waals surface area (Å²) in [6.07, 6.45) is 0. The van der Waals surface area contributed by atoms with E-state index in [1.807, 2.05) is 25.5 Å². The number of benzene rings is 1. The molecule has 1 saturated heterocycles. The highest BCUT2D eigenvalue weighted by Crippen LogP contribution is 2.21. The molecule has 1 aromatic heterocycles. The Morgan fingerprint density at radius 1 is 1.07 bits per heavy atom. The Hall–Kier alpha value is -2.49. The van der Waals surface area contributed by atoms with Crippen LogP contribution in [0, 0.1) is 20.8 Å². The van der Waals surface area contributed by atoms with Crippen molar-refractivity contribution in [2.75, 3.05) is 32.9 Å². The third kappa shape index (κ3) is 4.33. The second kappa shape index (κ2) is 8.71. The number of ether oxygens (including phenoxy) is 2. The molecule has 0 aliphatic carbocycles. The zero-order valence-corrected chi connectivity index (χ0v) is 18.4. The van der Waals surface area contributed by atoms with E-state index in [-0.39, 0.29) is 29.3 Å². The fourth-order valence-electron chi connectivity index (χ4n) is 3.34. The minimum absolute atomic E-state index is 0.0165. The lowest BCUT2D eigenvalue weighted by molar-refractivity contribution is 0.0473. The van der Waals surface area contributed by atoms with Gasteiger partial charge in [0.1, 0.15) is 0 Å². The van der Waals surface area contributed by atoms with Gasteiger partial charge in [-0.25, -0.2) is 13.2 Å². The summed E-state index contributed by atoms with van der Waals surface area (Å²) in [4.78, 5) is 25.1. The van der Waals surface area contributed by atoms with Crippen LogP contribution >= 0.6 is 0 Å². The number of carbonyl (C=O) groups excluding carboxylic acids is 2. The fraction of sp³-hybridized carbons (Fsp3) is 0.429. The van der Waals surface area contributed by atoms with Crippen molar-refractivity contribution in [2.45, 2.75) is 25.7 Å². The van der Waals surface area contributed by atoms with Crippen LogP contribution < -0.4 is 0 Å². The van der Waals surface area contributed by atoms with Gasteiger partial charge in [-0.3, -0.25) is 4.79 Å². The van der Waals surface area contributed by atoms with E-state index < -0.39 is 22.6 Å². The van der Waals surface area contributed by atoms with E-state index in [1.165, 1.54) is 16.4 Å². The molecule has 0 radical (unpaired) electrons. The minimum atomic E-state index is -3.74. The standard InChI is InChI=1S/C21H26N2O6S/c1-14-5-6-17(30(26,27)23-7-9-28-10-8-23)12-18(14)21(25)29-13-20(24)19-11-15(2)22(4)16(19)3/h5-6,11-12H,7-10,13H2,1-4H3. The zero-order chi connectivity index (χ0) is 22.1. The van der Waals surface area contributed by atoms with Crippen molar-refractivity contribution >= 4 is 21.8 Å². The lowest BCUT2D eigenvalue weighted by atomic mass is 10.1. The molecule has 0 N–H and O–H groups in total. The number of rotatable bonds is 6. The predicted octanol–water partition coefficient (Wildman–Crippen LogP) is 2.01. The van der Waals surface area contributed by atoms with Gasteiger partial charge < -0.3 is 14.0 Å². The van der Waals surface area contributed by atoms with Gasteiger partial charge in [0.2, 0.25) is 15.8 Å². The Labute approximate surface area is 176 Å². The van der Waals surface area contributed by atoms with E-state index in [9.17, 15) is 18.0 Å². The van der Waals surface area contributed by atoms with Gasteiger partial charge in [-0.1, -0.05) is 6.07 Å². The third-order valence-corrected chi connectivity index (χ3v) is 7.34. The van der Waals surface area contributed by atoms with Crippen LogP contribution in [0.2, 0.25) is 0 Å². The van der Waals surface area contributed by atoms with Crippen LogP contribution in [0.15, 0.2) is 29.2 Å².